The Morgan fingerprint density at radius 1 is 1.11 bits per heavy atom. The minimum Gasteiger partial charge on any atom is -0.508 e. The van der Waals surface area contributed by atoms with Crippen LogP contribution in [0.4, 0.5) is 5.69 Å². The third-order valence-corrected chi connectivity index (χ3v) is 3.52. The lowest BCUT2D eigenvalue weighted by Gasteiger charge is -2.07. The van der Waals surface area contributed by atoms with Crippen LogP contribution in [0.3, 0.4) is 0 Å². The number of phenolic OH excluding ortho intramolecular Hbond substituents is 1. The first-order valence-electron chi connectivity index (χ1n) is 5.60. The number of rotatable bonds is 4. The second kappa shape index (κ2) is 5.29. The molecule has 0 radical (unpaired) electrons. The van der Waals surface area contributed by atoms with Crippen molar-refractivity contribution in [2.75, 3.05) is 5.32 Å². The predicted octanol–water partition coefficient (Wildman–Crippen LogP) is 1.65. The van der Waals surface area contributed by atoms with Crippen LogP contribution in [0.1, 0.15) is 5.56 Å². The molecule has 100 valence electrons. The highest BCUT2D eigenvalue weighted by atomic mass is 32.2. The Kier molecular flexibility index (Phi) is 3.73. The summed E-state index contributed by atoms with van der Waals surface area (Å²) in [6, 6.07) is 13.1. The summed E-state index contributed by atoms with van der Waals surface area (Å²) in [6.45, 7) is 0.531. The van der Waals surface area contributed by atoms with Gasteiger partial charge in [-0.15, -0.1) is 0 Å². The number of aromatic hydroxyl groups is 1. The van der Waals surface area contributed by atoms with E-state index < -0.39 is 10.0 Å². The molecule has 0 saturated carbocycles. The second-order valence-corrected chi connectivity index (χ2v) is 5.65. The Balaban J connectivity index is 2.05. The van der Waals surface area contributed by atoms with Crippen LogP contribution >= 0.6 is 0 Å². The lowest BCUT2D eigenvalue weighted by molar-refractivity contribution is 0.474. The van der Waals surface area contributed by atoms with Crippen LogP contribution in [0.25, 0.3) is 0 Å². The number of hydrogen-bond donors (Lipinski definition) is 3. The van der Waals surface area contributed by atoms with Gasteiger partial charge in [-0.3, -0.25) is 0 Å². The Morgan fingerprint density at radius 3 is 2.37 bits per heavy atom. The van der Waals surface area contributed by atoms with Gasteiger partial charge in [-0.2, -0.15) is 0 Å². The number of nitrogens with two attached hydrogens (primary N) is 1. The van der Waals surface area contributed by atoms with E-state index in [0.29, 0.717) is 6.54 Å². The van der Waals surface area contributed by atoms with Crippen LogP contribution in [0.5, 0.6) is 5.75 Å². The monoisotopic (exact) mass is 278 g/mol. The van der Waals surface area contributed by atoms with E-state index in [1.54, 1.807) is 30.3 Å². The van der Waals surface area contributed by atoms with Crippen molar-refractivity contribution in [3.8, 4) is 5.75 Å². The van der Waals surface area contributed by atoms with Crippen molar-refractivity contribution < 1.29 is 13.5 Å². The van der Waals surface area contributed by atoms with E-state index >= 15 is 0 Å². The molecule has 0 unspecified atom stereocenters. The zero-order chi connectivity index (χ0) is 13.9. The van der Waals surface area contributed by atoms with Gasteiger partial charge < -0.3 is 10.4 Å². The van der Waals surface area contributed by atoms with Gasteiger partial charge in [0.2, 0.25) is 10.0 Å². The molecule has 0 bridgehead atoms. The summed E-state index contributed by atoms with van der Waals surface area (Å²) in [7, 11) is -3.65. The van der Waals surface area contributed by atoms with E-state index in [9.17, 15) is 13.5 Å². The summed E-state index contributed by atoms with van der Waals surface area (Å²) in [6.07, 6.45) is 0. The maximum Gasteiger partial charge on any atom is 0.238 e. The molecule has 2 rings (SSSR count). The molecule has 5 nitrogen and oxygen atoms in total. The first kappa shape index (κ1) is 13.4. The number of phenols is 1. The minimum absolute atomic E-state index is 0.0791. The number of anilines is 1. The van der Waals surface area contributed by atoms with Crippen LogP contribution in [0.2, 0.25) is 0 Å². The number of primary sulfonamides is 1. The molecule has 0 aliphatic rings. The number of hydrogen-bond acceptors (Lipinski definition) is 4. The van der Waals surface area contributed by atoms with E-state index in [1.165, 1.54) is 12.1 Å². The van der Waals surface area contributed by atoms with Gasteiger partial charge >= 0.3 is 0 Å². The fraction of sp³-hybridized carbons (Fsp3) is 0.0769. The van der Waals surface area contributed by atoms with Gasteiger partial charge in [0, 0.05) is 12.2 Å². The summed E-state index contributed by atoms with van der Waals surface area (Å²) in [5.74, 6) is 0.212. The van der Waals surface area contributed by atoms with Gasteiger partial charge in [0.1, 0.15) is 5.75 Å². The predicted molar refractivity (Wildman–Crippen MR) is 73.2 cm³/mol. The second-order valence-electron chi connectivity index (χ2n) is 4.09. The van der Waals surface area contributed by atoms with Gasteiger partial charge in [0.15, 0.2) is 0 Å². The van der Waals surface area contributed by atoms with Crippen molar-refractivity contribution in [1.29, 1.82) is 0 Å². The Bertz CT molecular complexity index is 667. The highest BCUT2D eigenvalue weighted by Crippen LogP contribution is 2.15. The van der Waals surface area contributed by atoms with Crippen molar-refractivity contribution in [3.05, 3.63) is 54.1 Å². The number of nitrogens with one attached hydrogen (secondary N) is 1. The van der Waals surface area contributed by atoms with Gasteiger partial charge in [0.25, 0.3) is 0 Å². The molecule has 0 amide bonds. The molecule has 0 saturated heterocycles. The molecule has 0 aliphatic heterocycles. The largest absolute Gasteiger partial charge is 0.508 e. The van der Waals surface area contributed by atoms with E-state index in [1.807, 2.05) is 6.07 Å². The van der Waals surface area contributed by atoms with E-state index in [0.717, 1.165) is 11.3 Å². The fourth-order valence-corrected chi connectivity index (χ4v) is 2.15. The molecule has 0 atom stereocenters. The summed E-state index contributed by atoms with van der Waals surface area (Å²) in [5, 5.41) is 17.5. The number of benzene rings is 2. The molecule has 0 spiro atoms. The molecule has 2 aromatic carbocycles. The number of sulfonamides is 1. The lowest BCUT2D eigenvalue weighted by Crippen LogP contribution is -2.12. The first-order chi connectivity index (χ1) is 8.95. The molecule has 0 heterocycles. The Hall–Kier alpha value is -2.05. The van der Waals surface area contributed by atoms with E-state index in [-0.39, 0.29) is 10.6 Å². The van der Waals surface area contributed by atoms with Crippen molar-refractivity contribution in [1.82, 2.24) is 0 Å². The maximum absolute atomic E-state index is 11.1. The standard InChI is InChI=1S/C13H14N2O3S/c14-19(17,18)13-6-4-11(5-7-13)15-9-10-2-1-3-12(16)8-10/h1-8,15-16H,9H2,(H2,14,17,18). The normalized spacial score (nSPS) is 11.2. The maximum atomic E-state index is 11.1. The smallest absolute Gasteiger partial charge is 0.238 e. The van der Waals surface area contributed by atoms with Crippen LogP contribution in [0, 0.1) is 0 Å². The zero-order valence-corrected chi connectivity index (χ0v) is 10.9. The van der Waals surface area contributed by atoms with Crippen molar-refractivity contribution >= 4 is 15.7 Å². The molecule has 6 heteroatoms. The Morgan fingerprint density at radius 2 is 1.79 bits per heavy atom. The van der Waals surface area contributed by atoms with Crippen LogP contribution in [-0.4, -0.2) is 13.5 Å². The quantitative estimate of drug-likeness (QED) is 0.793. The molecular weight excluding hydrogens is 264 g/mol. The SMILES string of the molecule is NS(=O)(=O)c1ccc(NCc2cccc(O)c2)cc1. The highest BCUT2D eigenvalue weighted by Gasteiger charge is 2.06. The van der Waals surface area contributed by atoms with Gasteiger partial charge in [0.05, 0.1) is 4.90 Å². The Labute approximate surface area is 111 Å². The topological polar surface area (TPSA) is 92.4 Å². The van der Waals surface area contributed by atoms with Gasteiger partial charge in [-0.25, -0.2) is 13.6 Å². The van der Waals surface area contributed by atoms with Gasteiger partial charge in [-0.1, -0.05) is 12.1 Å². The van der Waals surface area contributed by atoms with Crippen LogP contribution in [0.15, 0.2) is 53.4 Å². The van der Waals surface area contributed by atoms with Crippen molar-refractivity contribution in [2.24, 2.45) is 5.14 Å². The summed E-state index contributed by atoms with van der Waals surface area (Å²) in [4.78, 5) is 0.0791. The summed E-state index contributed by atoms with van der Waals surface area (Å²) >= 11 is 0. The van der Waals surface area contributed by atoms with E-state index in [4.69, 9.17) is 5.14 Å². The molecule has 0 aliphatic carbocycles. The fourth-order valence-electron chi connectivity index (χ4n) is 1.63. The molecule has 0 aromatic heterocycles. The van der Waals surface area contributed by atoms with E-state index in [2.05, 4.69) is 5.32 Å². The summed E-state index contributed by atoms with van der Waals surface area (Å²) in [5.41, 5.74) is 1.70. The summed E-state index contributed by atoms with van der Waals surface area (Å²) < 4.78 is 22.2. The molecular formula is C13H14N2O3S. The molecule has 19 heavy (non-hydrogen) atoms. The average molecular weight is 278 g/mol. The van der Waals surface area contributed by atoms with Gasteiger partial charge in [-0.05, 0) is 42.0 Å². The van der Waals surface area contributed by atoms with Crippen molar-refractivity contribution in [2.45, 2.75) is 11.4 Å². The third-order valence-electron chi connectivity index (χ3n) is 2.59. The highest BCUT2D eigenvalue weighted by molar-refractivity contribution is 7.89. The molecule has 0 fully saturated rings. The molecule has 4 N–H and O–H groups in total. The molecule has 2 aromatic rings. The lowest BCUT2D eigenvalue weighted by atomic mass is 10.2. The first-order valence-corrected chi connectivity index (χ1v) is 7.14. The average Bonchev–Trinajstić information content (AvgIpc) is 2.36. The van der Waals surface area contributed by atoms with Crippen LogP contribution < -0.4 is 10.5 Å². The minimum atomic E-state index is -3.65. The van der Waals surface area contributed by atoms with Crippen molar-refractivity contribution in [3.63, 3.8) is 0 Å². The zero-order valence-electron chi connectivity index (χ0n) is 10.1. The van der Waals surface area contributed by atoms with Crippen LogP contribution in [-0.2, 0) is 16.6 Å². The third kappa shape index (κ3) is 3.70.